The summed E-state index contributed by atoms with van der Waals surface area (Å²) in [6.45, 7) is 5.54. The van der Waals surface area contributed by atoms with Crippen molar-refractivity contribution in [3.05, 3.63) is 41.3 Å². The van der Waals surface area contributed by atoms with Crippen molar-refractivity contribution >= 4 is 5.91 Å². The Kier molecular flexibility index (Phi) is 4.92. The molecule has 144 valence electrons. The third kappa shape index (κ3) is 3.72. The van der Waals surface area contributed by atoms with Gasteiger partial charge in [-0.1, -0.05) is 0 Å². The summed E-state index contributed by atoms with van der Waals surface area (Å²) in [5, 5.41) is 0. The van der Waals surface area contributed by atoms with E-state index in [1.807, 2.05) is 6.92 Å². The number of hydrogen-bond donors (Lipinski definition) is 0. The molecule has 27 heavy (non-hydrogen) atoms. The van der Waals surface area contributed by atoms with Gasteiger partial charge in [0.25, 0.3) is 0 Å². The number of benzene rings is 1. The quantitative estimate of drug-likeness (QED) is 0.821. The molecule has 0 bridgehead atoms. The van der Waals surface area contributed by atoms with Crippen LogP contribution in [0.3, 0.4) is 0 Å². The number of morpholine rings is 1. The molecule has 0 saturated carbocycles. The Morgan fingerprint density at radius 3 is 2.56 bits per heavy atom. The van der Waals surface area contributed by atoms with Crippen LogP contribution in [-0.2, 0) is 22.5 Å². The van der Waals surface area contributed by atoms with Crippen molar-refractivity contribution in [2.75, 3.05) is 32.8 Å². The number of hydrogen-bond acceptors (Lipinski definition) is 5. The first kappa shape index (κ1) is 18.1. The predicted molar refractivity (Wildman–Crippen MR) is 92.8 cm³/mol. The van der Waals surface area contributed by atoms with Crippen molar-refractivity contribution in [1.82, 2.24) is 14.8 Å². The summed E-state index contributed by atoms with van der Waals surface area (Å²) >= 11 is 0. The minimum atomic E-state index is -0.683. The Hall–Kier alpha value is -2.32. The number of halogens is 2. The SMILES string of the molecule is CC(C(=O)N1CCc2oc(-c3cc(F)cc(F)c3)nc2C1)N1CCOCC1. The van der Waals surface area contributed by atoms with Gasteiger partial charge in [0.1, 0.15) is 23.1 Å². The smallest absolute Gasteiger partial charge is 0.240 e. The monoisotopic (exact) mass is 377 g/mol. The second-order valence-electron chi connectivity index (χ2n) is 6.88. The molecule has 0 radical (unpaired) electrons. The van der Waals surface area contributed by atoms with E-state index in [9.17, 15) is 13.6 Å². The minimum absolute atomic E-state index is 0.0453. The molecular weight excluding hydrogens is 356 g/mol. The van der Waals surface area contributed by atoms with Gasteiger partial charge in [-0.2, -0.15) is 0 Å². The van der Waals surface area contributed by atoms with Crippen LogP contribution >= 0.6 is 0 Å². The Morgan fingerprint density at radius 1 is 1.15 bits per heavy atom. The molecule has 4 rings (SSSR count). The molecule has 2 aliphatic rings. The first-order chi connectivity index (χ1) is 13.0. The number of amides is 1. The summed E-state index contributed by atoms with van der Waals surface area (Å²) in [7, 11) is 0. The van der Waals surface area contributed by atoms with Gasteiger partial charge in [-0.15, -0.1) is 0 Å². The van der Waals surface area contributed by atoms with Crippen LogP contribution in [0.5, 0.6) is 0 Å². The number of rotatable bonds is 3. The molecule has 1 atom stereocenters. The van der Waals surface area contributed by atoms with Gasteiger partial charge in [-0.25, -0.2) is 13.8 Å². The molecule has 1 aromatic heterocycles. The Bertz CT molecular complexity index is 828. The maximum absolute atomic E-state index is 13.5. The molecule has 2 aliphatic heterocycles. The molecule has 1 unspecified atom stereocenters. The van der Waals surface area contributed by atoms with Crippen molar-refractivity contribution in [2.45, 2.75) is 25.9 Å². The Balaban J connectivity index is 1.50. The number of ether oxygens (including phenoxy) is 1. The van der Waals surface area contributed by atoms with Gasteiger partial charge in [0.15, 0.2) is 0 Å². The average Bonchev–Trinajstić information content (AvgIpc) is 3.10. The van der Waals surface area contributed by atoms with Gasteiger partial charge in [0.2, 0.25) is 11.8 Å². The van der Waals surface area contributed by atoms with E-state index in [1.54, 1.807) is 4.90 Å². The molecule has 0 N–H and O–H groups in total. The van der Waals surface area contributed by atoms with Crippen LogP contribution in [0.1, 0.15) is 18.4 Å². The van der Waals surface area contributed by atoms with E-state index in [0.717, 1.165) is 19.2 Å². The van der Waals surface area contributed by atoms with Crippen molar-refractivity contribution in [3.8, 4) is 11.5 Å². The van der Waals surface area contributed by atoms with Crippen molar-refractivity contribution in [3.63, 3.8) is 0 Å². The fourth-order valence-electron chi connectivity index (χ4n) is 3.57. The van der Waals surface area contributed by atoms with E-state index in [2.05, 4.69) is 9.88 Å². The highest BCUT2D eigenvalue weighted by atomic mass is 19.1. The van der Waals surface area contributed by atoms with Crippen LogP contribution < -0.4 is 0 Å². The number of carbonyl (C=O) groups excluding carboxylic acids is 1. The number of aromatic nitrogens is 1. The van der Waals surface area contributed by atoms with Crippen LogP contribution in [0, 0.1) is 11.6 Å². The van der Waals surface area contributed by atoms with E-state index in [0.29, 0.717) is 44.2 Å². The number of nitrogens with zero attached hydrogens (tertiary/aromatic N) is 3. The standard InChI is InChI=1S/C19H21F2N3O3/c1-12(23-4-6-26-7-5-23)19(25)24-3-2-17-16(11-24)22-18(27-17)13-8-14(20)10-15(21)9-13/h8-10,12H,2-7,11H2,1H3. The van der Waals surface area contributed by atoms with E-state index < -0.39 is 11.6 Å². The van der Waals surface area contributed by atoms with E-state index in [-0.39, 0.29) is 23.4 Å². The van der Waals surface area contributed by atoms with Crippen LogP contribution in [-0.4, -0.2) is 59.6 Å². The molecule has 0 aliphatic carbocycles. The van der Waals surface area contributed by atoms with Crippen LogP contribution in [0.4, 0.5) is 8.78 Å². The highest BCUT2D eigenvalue weighted by Crippen LogP contribution is 2.27. The highest BCUT2D eigenvalue weighted by Gasteiger charge is 2.31. The topological polar surface area (TPSA) is 58.8 Å². The lowest BCUT2D eigenvalue weighted by Crippen LogP contribution is -2.51. The molecule has 3 heterocycles. The average molecular weight is 377 g/mol. The Labute approximate surface area is 155 Å². The summed E-state index contributed by atoms with van der Waals surface area (Å²) in [6, 6.07) is 2.95. The minimum Gasteiger partial charge on any atom is -0.441 e. The number of fused-ring (bicyclic) bond motifs is 1. The maximum atomic E-state index is 13.5. The first-order valence-electron chi connectivity index (χ1n) is 9.07. The van der Waals surface area contributed by atoms with Gasteiger partial charge in [-0.05, 0) is 19.1 Å². The largest absolute Gasteiger partial charge is 0.441 e. The first-order valence-corrected chi connectivity index (χ1v) is 9.07. The summed E-state index contributed by atoms with van der Waals surface area (Å²) in [5.74, 6) is -0.481. The van der Waals surface area contributed by atoms with Gasteiger partial charge in [0.05, 0.1) is 25.8 Å². The lowest BCUT2D eigenvalue weighted by Gasteiger charge is -2.35. The van der Waals surface area contributed by atoms with E-state index in [4.69, 9.17) is 9.15 Å². The maximum Gasteiger partial charge on any atom is 0.240 e. The third-order valence-corrected chi connectivity index (χ3v) is 5.10. The second kappa shape index (κ2) is 7.36. The summed E-state index contributed by atoms with van der Waals surface area (Å²) in [6.07, 6.45) is 0.529. The van der Waals surface area contributed by atoms with Crippen LogP contribution in [0.15, 0.2) is 22.6 Å². The predicted octanol–water partition coefficient (Wildman–Crippen LogP) is 2.23. The molecule has 1 amide bonds. The van der Waals surface area contributed by atoms with Crippen molar-refractivity contribution in [1.29, 1.82) is 0 Å². The highest BCUT2D eigenvalue weighted by molar-refractivity contribution is 5.81. The molecule has 1 fully saturated rings. The summed E-state index contributed by atoms with van der Waals surface area (Å²) < 4.78 is 37.9. The molecular formula is C19H21F2N3O3. The van der Waals surface area contributed by atoms with Gasteiger partial charge >= 0.3 is 0 Å². The summed E-state index contributed by atoms with van der Waals surface area (Å²) in [4.78, 5) is 21.1. The molecule has 1 saturated heterocycles. The fraction of sp³-hybridized carbons (Fsp3) is 0.474. The van der Waals surface area contributed by atoms with Gasteiger partial charge < -0.3 is 14.1 Å². The van der Waals surface area contributed by atoms with E-state index >= 15 is 0 Å². The molecule has 1 aromatic carbocycles. The van der Waals surface area contributed by atoms with Crippen molar-refractivity contribution in [2.24, 2.45) is 0 Å². The van der Waals surface area contributed by atoms with Crippen LogP contribution in [0.2, 0.25) is 0 Å². The lowest BCUT2D eigenvalue weighted by atomic mass is 10.1. The zero-order valence-electron chi connectivity index (χ0n) is 15.1. The summed E-state index contributed by atoms with van der Waals surface area (Å²) in [5.41, 5.74) is 0.893. The Morgan fingerprint density at radius 2 is 1.85 bits per heavy atom. The van der Waals surface area contributed by atoms with Crippen molar-refractivity contribution < 1.29 is 22.7 Å². The molecule has 2 aromatic rings. The van der Waals surface area contributed by atoms with E-state index in [1.165, 1.54) is 12.1 Å². The number of oxazole rings is 1. The lowest BCUT2D eigenvalue weighted by molar-refractivity contribution is -0.139. The van der Waals surface area contributed by atoms with Crippen LogP contribution in [0.25, 0.3) is 11.5 Å². The molecule has 6 nitrogen and oxygen atoms in total. The normalized spacial score (nSPS) is 19.0. The second-order valence-corrected chi connectivity index (χ2v) is 6.88. The molecule has 8 heteroatoms. The zero-order valence-corrected chi connectivity index (χ0v) is 15.1. The molecule has 0 spiro atoms. The van der Waals surface area contributed by atoms with Gasteiger partial charge in [-0.3, -0.25) is 9.69 Å². The zero-order chi connectivity index (χ0) is 19.0. The number of carbonyl (C=O) groups is 1. The van der Waals surface area contributed by atoms with Gasteiger partial charge in [0, 0.05) is 37.7 Å². The third-order valence-electron chi connectivity index (χ3n) is 5.10. The fourth-order valence-corrected chi connectivity index (χ4v) is 3.57.